The first-order valence-corrected chi connectivity index (χ1v) is 8.16. The smallest absolute Gasteiger partial charge is 0.243 e. The fourth-order valence-corrected chi connectivity index (χ4v) is 3.85. The largest absolute Gasteiger partial charge is 0.497 e. The van der Waals surface area contributed by atoms with Crippen molar-refractivity contribution in [2.24, 2.45) is 0 Å². The summed E-state index contributed by atoms with van der Waals surface area (Å²) in [7, 11) is -1.95. The van der Waals surface area contributed by atoms with E-state index in [2.05, 4.69) is 0 Å². The number of rotatable bonds is 3. The molecule has 1 aliphatic rings. The molecule has 0 radical (unpaired) electrons. The molecule has 0 aromatic heterocycles. The summed E-state index contributed by atoms with van der Waals surface area (Å²) in [6.07, 6.45) is 1.76. The van der Waals surface area contributed by atoms with Crippen molar-refractivity contribution < 1.29 is 18.3 Å². The molecule has 0 aliphatic carbocycles. The van der Waals surface area contributed by atoms with Gasteiger partial charge in [0.15, 0.2) is 0 Å². The Morgan fingerprint density at radius 1 is 1.20 bits per heavy atom. The number of hydrogen-bond donors (Lipinski definition) is 1. The van der Waals surface area contributed by atoms with E-state index >= 15 is 0 Å². The molecule has 112 valence electrons. The highest BCUT2D eigenvalue weighted by molar-refractivity contribution is 7.89. The molecular formula is C14H21NO4S. The maximum absolute atomic E-state index is 12.6. The van der Waals surface area contributed by atoms with Gasteiger partial charge in [0, 0.05) is 13.1 Å². The van der Waals surface area contributed by atoms with Crippen LogP contribution in [0.5, 0.6) is 5.75 Å². The van der Waals surface area contributed by atoms with Crippen molar-refractivity contribution in [2.45, 2.75) is 36.7 Å². The van der Waals surface area contributed by atoms with E-state index in [1.54, 1.807) is 38.3 Å². The fraction of sp³-hybridized carbons (Fsp3) is 0.571. The Hall–Kier alpha value is -1.11. The SMILES string of the molecule is COc1ccc(S(=O)(=O)N2CCCC(C)(O)CC2)cc1. The van der Waals surface area contributed by atoms with Crippen LogP contribution in [-0.4, -0.2) is 43.6 Å². The van der Waals surface area contributed by atoms with E-state index in [-0.39, 0.29) is 4.90 Å². The zero-order chi connectivity index (χ0) is 14.8. The molecule has 1 aromatic carbocycles. The van der Waals surface area contributed by atoms with Crippen molar-refractivity contribution in [2.75, 3.05) is 20.2 Å². The highest BCUT2D eigenvalue weighted by atomic mass is 32.2. The topological polar surface area (TPSA) is 66.8 Å². The third kappa shape index (κ3) is 3.31. The van der Waals surface area contributed by atoms with Gasteiger partial charge < -0.3 is 9.84 Å². The zero-order valence-corrected chi connectivity index (χ0v) is 12.7. The van der Waals surface area contributed by atoms with Crippen LogP contribution in [-0.2, 0) is 10.0 Å². The van der Waals surface area contributed by atoms with Gasteiger partial charge in [-0.25, -0.2) is 8.42 Å². The van der Waals surface area contributed by atoms with Crippen LogP contribution in [0.4, 0.5) is 0 Å². The number of ether oxygens (including phenoxy) is 1. The molecule has 1 atom stereocenters. The van der Waals surface area contributed by atoms with Crippen LogP contribution >= 0.6 is 0 Å². The van der Waals surface area contributed by atoms with Crippen molar-refractivity contribution >= 4 is 10.0 Å². The van der Waals surface area contributed by atoms with Crippen LogP contribution in [0, 0.1) is 0 Å². The molecule has 0 amide bonds. The second-order valence-corrected chi connectivity index (χ2v) is 7.37. The van der Waals surface area contributed by atoms with E-state index in [9.17, 15) is 13.5 Å². The van der Waals surface area contributed by atoms with Gasteiger partial charge in [0.05, 0.1) is 17.6 Å². The standard InChI is InChI=1S/C14H21NO4S/c1-14(16)8-3-10-15(11-9-14)20(17,18)13-6-4-12(19-2)5-7-13/h4-7,16H,3,8-11H2,1-2H3. The Bertz CT molecular complexity index is 551. The molecule has 0 spiro atoms. The Labute approximate surface area is 120 Å². The summed E-state index contributed by atoms with van der Waals surface area (Å²) in [5, 5.41) is 10.0. The fourth-order valence-electron chi connectivity index (χ4n) is 2.38. The summed E-state index contributed by atoms with van der Waals surface area (Å²) < 4.78 is 31.6. The molecule has 5 nitrogen and oxygen atoms in total. The predicted molar refractivity (Wildman–Crippen MR) is 76.2 cm³/mol. The number of benzene rings is 1. The van der Waals surface area contributed by atoms with Crippen LogP contribution in [0.15, 0.2) is 29.2 Å². The second-order valence-electron chi connectivity index (χ2n) is 5.43. The Morgan fingerprint density at radius 2 is 1.85 bits per heavy atom. The van der Waals surface area contributed by atoms with Gasteiger partial charge in [-0.3, -0.25) is 0 Å². The normalized spacial score (nSPS) is 25.1. The molecule has 0 saturated carbocycles. The van der Waals surface area contributed by atoms with Gasteiger partial charge in [0.2, 0.25) is 10.0 Å². The number of sulfonamides is 1. The minimum absolute atomic E-state index is 0.264. The molecule has 2 rings (SSSR count). The van der Waals surface area contributed by atoms with Crippen molar-refractivity contribution in [1.82, 2.24) is 4.31 Å². The van der Waals surface area contributed by atoms with Gasteiger partial charge in [-0.2, -0.15) is 4.31 Å². The number of nitrogens with zero attached hydrogens (tertiary/aromatic N) is 1. The van der Waals surface area contributed by atoms with Crippen molar-refractivity contribution in [1.29, 1.82) is 0 Å². The van der Waals surface area contributed by atoms with E-state index in [0.29, 0.717) is 38.1 Å². The van der Waals surface area contributed by atoms with E-state index in [1.165, 1.54) is 4.31 Å². The van der Waals surface area contributed by atoms with Crippen LogP contribution < -0.4 is 4.74 Å². The summed E-state index contributed by atoms with van der Waals surface area (Å²) in [6.45, 7) is 2.56. The van der Waals surface area contributed by atoms with Crippen LogP contribution in [0.3, 0.4) is 0 Å². The third-order valence-corrected chi connectivity index (χ3v) is 5.63. The second kappa shape index (κ2) is 5.71. The summed E-state index contributed by atoms with van der Waals surface area (Å²) in [6, 6.07) is 6.39. The quantitative estimate of drug-likeness (QED) is 0.921. The van der Waals surface area contributed by atoms with Crippen molar-refractivity contribution in [3.63, 3.8) is 0 Å². The average molecular weight is 299 g/mol. The van der Waals surface area contributed by atoms with Gasteiger partial charge >= 0.3 is 0 Å². The lowest BCUT2D eigenvalue weighted by Gasteiger charge is -2.22. The minimum Gasteiger partial charge on any atom is -0.497 e. The van der Waals surface area contributed by atoms with Crippen LogP contribution in [0.2, 0.25) is 0 Å². The van der Waals surface area contributed by atoms with Crippen molar-refractivity contribution in [3.8, 4) is 5.75 Å². The Kier molecular flexibility index (Phi) is 4.36. The number of hydrogen-bond acceptors (Lipinski definition) is 4. The lowest BCUT2D eigenvalue weighted by Crippen LogP contribution is -2.33. The van der Waals surface area contributed by atoms with Gasteiger partial charge in [0.1, 0.15) is 5.75 Å². The van der Waals surface area contributed by atoms with Gasteiger partial charge in [-0.15, -0.1) is 0 Å². The van der Waals surface area contributed by atoms with Gasteiger partial charge in [-0.05, 0) is 50.5 Å². The molecule has 1 saturated heterocycles. The maximum atomic E-state index is 12.6. The highest BCUT2D eigenvalue weighted by Crippen LogP contribution is 2.26. The van der Waals surface area contributed by atoms with Crippen molar-refractivity contribution in [3.05, 3.63) is 24.3 Å². The lowest BCUT2D eigenvalue weighted by atomic mass is 9.98. The zero-order valence-electron chi connectivity index (χ0n) is 11.9. The first kappa shape index (κ1) is 15.3. The first-order chi connectivity index (χ1) is 9.35. The molecule has 1 aliphatic heterocycles. The third-order valence-electron chi connectivity index (χ3n) is 3.72. The number of methoxy groups -OCH3 is 1. The molecule has 1 heterocycles. The predicted octanol–water partition coefficient (Wildman–Crippen LogP) is 1.62. The minimum atomic E-state index is -3.49. The maximum Gasteiger partial charge on any atom is 0.243 e. The molecule has 1 unspecified atom stereocenters. The molecule has 0 bridgehead atoms. The van der Waals surface area contributed by atoms with Crippen LogP contribution in [0.1, 0.15) is 26.2 Å². The highest BCUT2D eigenvalue weighted by Gasteiger charge is 2.31. The van der Waals surface area contributed by atoms with Gasteiger partial charge in [-0.1, -0.05) is 0 Å². The Morgan fingerprint density at radius 3 is 2.45 bits per heavy atom. The first-order valence-electron chi connectivity index (χ1n) is 6.72. The number of aliphatic hydroxyl groups is 1. The summed E-state index contributed by atoms with van der Waals surface area (Å²) in [5.41, 5.74) is -0.774. The molecular weight excluding hydrogens is 278 g/mol. The summed E-state index contributed by atoms with van der Waals surface area (Å²) in [5.74, 6) is 0.628. The Balaban J connectivity index is 2.20. The van der Waals surface area contributed by atoms with E-state index in [1.807, 2.05) is 0 Å². The van der Waals surface area contributed by atoms with E-state index in [4.69, 9.17) is 4.74 Å². The summed E-state index contributed by atoms with van der Waals surface area (Å²) >= 11 is 0. The monoisotopic (exact) mass is 299 g/mol. The van der Waals surface area contributed by atoms with E-state index < -0.39 is 15.6 Å². The average Bonchev–Trinajstić information content (AvgIpc) is 2.60. The lowest BCUT2D eigenvalue weighted by molar-refractivity contribution is 0.0465. The molecule has 20 heavy (non-hydrogen) atoms. The van der Waals surface area contributed by atoms with Gasteiger partial charge in [0.25, 0.3) is 0 Å². The molecule has 1 N–H and O–H groups in total. The summed E-state index contributed by atoms with van der Waals surface area (Å²) in [4.78, 5) is 0.264. The van der Waals surface area contributed by atoms with E-state index in [0.717, 1.165) is 0 Å². The molecule has 6 heteroatoms. The van der Waals surface area contributed by atoms with Crippen LogP contribution in [0.25, 0.3) is 0 Å². The molecule has 1 fully saturated rings. The molecule has 1 aromatic rings.